The smallest absolute Gasteiger partial charge is 0.337 e. The van der Waals surface area contributed by atoms with Gasteiger partial charge >= 0.3 is 6.03 Å². The highest BCUT2D eigenvalue weighted by Crippen LogP contribution is 1.76. The summed E-state index contributed by atoms with van der Waals surface area (Å²) in [6.07, 6.45) is 0. The molecule has 0 aromatic rings. The molecule has 0 fully saturated rings. The van der Waals surface area contributed by atoms with Crippen molar-refractivity contribution in [3.63, 3.8) is 0 Å². The van der Waals surface area contributed by atoms with Gasteiger partial charge in [-0.15, -0.1) is 4.91 Å². The van der Waals surface area contributed by atoms with Gasteiger partial charge in [0.05, 0.1) is 5.29 Å². The predicted octanol–water partition coefficient (Wildman–Crippen LogP) is -0.405. The van der Waals surface area contributed by atoms with Gasteiger partial charge in [0.15, 0.2) is 0 Å². The predicted molar refractivity (Wildman–Crippen MR) is 33.9 cm³/mol. The van der Waals surface area contributed by atoms with E-state index in [9.17, 15) is 9.70 Å². The highest BCUT2D eigenvalue weighted by Gasteiger charge is 1.97. The third kappa shape index (κ3) is 9.54. The number of rotatable bonds is 1. The van der Waals surface area contributed by atoms with Crippen LogP contribution in [-0.4, -0.2) is 29.6 Å². The number of nitroso groups, excluding NO2 is 1. The number of hydrogen-bond acceptors (Lipinski definition) is 3. The molecule has 0 saturated carbocycles. The number of carbonyl (C=O) groups excluding carboxylic acids is 1. The molecule has 0 unspecified atom stereocenters. The zero-order chi connectivity index (χ0) is 8.57. The van der Waals surface area contributed by atoms with Crippen LogP contribution < -0.4 is 5.73 Å². The highest BCUT2D eigenvalue weighted by atomic mass is 16.3. The van der Waals surface area contributed by atoms with Crippen LogP contribution in [0.1, 0.15) is 0 Å². The van der Waals surface area contributed by atoms with E-state index >= 15 is 0 Å². The second-order valence-electron chi connectivity index (χ2n) is 1.08. The van der Waals surface area contributed by atoms with Crippen molar-refractivity contribution in [3.05, 3.63) is 10.4 Å². The van der Waals surface area contributed by atoms with Gasteiger partial charge in [-0.3, -0.25) is 0 Å². The van der Waals surface area contributed by atoms with Crippen LogP contribution in [0.3, 0.4) is 0 Å². The van der Waals surface area contributed by atoms with Crippen molar-refractivity contribution in [1.82, 2.24) is 5.01 Å². The Morgan fingerprint density at radius 3 is 2.20 bits per heavy atom. The summed E-state index contributed by atoms with van der Waals surface area (Å²) in [5.41, 5.74) is 11.6. The van der Waals surface area contributed by atoms with Gasteiger partial charge in [-0.25, -0.2) is 4.79 Å². The van der Waals surface area contributed by atoms with Gasteiger partial charge in [0.2, 0.25) is 6.72 Å². The number of amides is 2. The third-order valence-corrected chi connectivity index (χ3v) is 0.441. The van der Waals surface area contributed by atoms with E-state index in [4.69, 9.17) is 5.53 Å². The number of hydrogen-bond donors (Lipinski definition) is 1. The fraction of sp³-hybridized carbons (Fsp3) is 0.333. The van der Waals surface area contributed by atoms with Crippen LogP contribution in [-0.2, 0) is 0 Å². The number of nitrogens with zero attached hydrogens (tertiary/aromatic N) is 4. The first-order chi connectivity index (χ1) is 4.59. The number of nitrogens with two attached hydrogens (primary N) is 1. The monoisotopic (exact) mass is 145 g/mol. The molecular formula is C3H7N5O2. The lowest BCUT2D eigenvalue weighted by atomic mass is 11.0. The summed E-state index contributed by atoms with van der Waals surface area (Å²) in [6.45, 7) is 2.67. The van der Waals surface area contributed by atoms with Crippen molar-refractivity contribution in [1.29, 1.82) is 0 Å². The van der Waals surface area contributed by atoms with E-state index in [-0.39, 0.29) is 0 Å². The van der Waals surface area contributed by atoms with E-state index in [2.05, 4.69) is 22.5 Å². The zero-order valence-corrected chi connectivity index (χ0v) is 5.39. The first-order valence-electron chi connectivity index (χ1n) is 2.06. The lowest BCUT2D eigenvalue weighted by molar-refractivity contribution is 0.0110. The maximum atomic E-state index is 9.78. The van der Waals surface area contributed by atoms with Crippen LogP contribution in [0.5, 0.6) is 0 Å². The third-order valence-electron chi connectivity index (χ3n) is 0.441. The summed E-state index contributed by atoms with van der Waals surface area (Å²) < 4.78 is 0. The molecule has 0 aliphatic carbocycles. The van der Waals surface area contributed by atoms with E-state index in [0.29, 0.717) is 5.01 Å². The van der Waals surface area contributed by atoms with Crippen molar-refractivity contribution >= 4 is 12.7 Å². The molecule has 0 aliphatic rings. The Kier molecular flexibility index (Phi) is 8.05. The van der Waals surface area contributed by atoms with Gasteiger partial charge in [-0.1, -0.05) is 0 Å². The lowest BCUT2D eigenvalue weighted by Crippen LogP contribution is -2.26. The Balaban J connectivity index is 0. The molecule has 56 valence electrons. The molecule has 0 heterocycles. The second-order valence-corrected chi connectivity index (χ2v) is 1.08. The minimum absolute atomic E-state index is 0.500. The summed E-state index contributed by atoms with van der Waals surface area (Å²) >= 11 is 0. The average molecular weight is 145 g/mol. The summed E-state index contributed by atoms with van der Waals surface area (Å²) in [7, 11) is 1.18. The topological polar surface area (TPSA) is 112 Å². The normalized spacial score (nSPS) is 6.10. The minimum Gasteiger partial charge on any atom is -0.362 e. The standard InChI is InChI=1S/C2H5N3O2.CH2N2/c1-5(4-7)2(3)6;1-3-2/h1H3,(H2,3,6);1H2. The van der Waals surface area contributed by atoms with Crippen LogP contribution in [0, 0.1) is 4.91 Å². The Bertz CT molecular complexity index is 149. The van der Waals surface area contributed by atoms with E-state index in [0.717, 1.165) is 0 Å². The van der Waals surface area contributed by atoms with E-state index < -0.39 is 6.03 Å². The van der Waals surface area contributed by atoms with Gasteiger partial charge in [-0.2, -0.15) is 9.80 Å². The SMILES string of the molecule is C=[N+]=[N-].CN(N=O)C(N)=O. The maximum Gasteiger partial charge on any atom is 0.337 e. The van der Waals surface area contributed by atoms with Gasteiger partial charge < -0.3 is 11.3 Å². The Morgan fingerprint density at radius 2 is 2.20 bits per heavy atom. The molecule has 7 nitrogen and oxygen atoms in total. The van der Waals surface area contributed by atoms with Crippen LogP contribution in [0.2, 0.25) is 0 Å². The first-order valence-corrected chi connectivity index (χ1v) is 2.06. The molecule has 7 heteroatoms. The Morgan fingerprint density at radius 1 is 1.90 bits per heavy atom. The summed E-state index contributed by atoms with van der Waals surface area (Å²) in [5, 5.41) is 2.70. The van der Waals surface area contributed by atoms with Crippen molar-refractivity contribution in [2.24, 2.45) is 11.0 Å². The highest BCUT2D eigenvalue weighted by molar-refractivity contribution is 5.71. The van der Waals surface area contributed by atoms with Crippen molar-refractivity contribution in [2.75, 3.05) is 7.05 Å². The zero-order valence-electron chi connectivity index (χ0n) is 5.39. The molecule has 0 aromatic heterocycles. The summed E-state index contributed by atoms with van der Waals surface area (Å²) in [4.78, 5) is 21.4. The molecule has 0 aromatic carbocycles. The minimum atomic E-state index is -0.852. The fourth-order valence-electron chi connectivity index (χ4n) is 0.0402. The molecule has 2 amide bonds. The van der Waals surface area contributed by atoms with Gasteiger partial charge in [0.1, 0.15) is 0 Å². The quantitative estimate of drug-likeness (QED) is 0.178. The van der Waals surface area contributed by atoms with Crippen LogP contribution >= 0.6 is 0 Å². The molecule has 0 spiro atoms. The van der Waals surface area contributed by atoms with Crippen molar-refractivity contribution in [3.8, 4) is 0 Å². The second kappa shape index (κ2) is 7.25. The number of primary amides is 1. The molecule has 10 heavy (non-hydrogen) atoms. The van der Waals surface area contributed by atoms with Crippen LogP contribution in [0.15, 0.2) is 5.29 Å². The van der Waals surface area contributed by atoms with E-state index in [1.54, 1.807) is 0 Å². The van der Waals surface area contributed by atoms with Crippen molar-refractivity contribution < 1.29 is 9.58 Å². The van der Waals surface area contributed by atoms with Gasteiger partial charge in [0, 0.05) is 7.05 Å². The van der Waals surface area contributed by atoms with E-state index in [1.165, 1.54) is 7.05 Å². The fourth-order valence-corrected chi connectivity index (χ4v) is 0.0402. The summed E-state index contributed by atoms with van der Waals surface area (Å²) in [5.74, 6) is 0. The average Bonchev–Trinajstić information content (AvgIpc) is 1.88. The number of carbonyl (C=O) groups is 1. The molecule has 0 aliphatic heterocycles. The molecule has 2 N–H and O–H groups in total. The van der Waals surface area contributed by atoms with Gasteiger partial charge in [0.25, 0.3) is 0 Å². The molecule has 0 bridgehead atoms. The van der Waals surface area contributed by atoms with Crippen molar-refractivity contribution in [2.45, 2.75) is 0 Å². The molecule has 0 atom stereocenters. The van der Waals surface area contributed by atoms with E-state index in [1.807, 2.05) is 0 Å². The molecule has 0 radical (unpaired) electrons. The maximum absolute atomic E-state index is 9.78. The number of urea groups is 1. The Hall–Kier alpha value is -1.75. The summed E-state index contributed by atoms with van der Waals surface area (Å²) in [6, 6.07) is -0.852. The lowest BCUT2D eigenvalue weighted by Gasteiger charge is -1.97. The van der Waals surface area contributed by atoms with Gasteiger partial charge in [-0.05, 0) is 0 Å². The molecule has 0 saturated heterocycles. The first kappa shape index (κ1) is 11.1. The van der Waals surface area contributed by atoms with Crippen LogP contribution in [0.25, 0.3) is 5.53 Å². The Labute approximate surface area is 57.0 Å². The molecule has 0 rings (SSSR count). The van der Waals surface area contributed by atoms with Crippen LogP contribution in [0.4, 0.5) is 4.79 Å². The molecular weight excluding hydrogens is 138 g/mol. The largest absolute Gasteiger partial charge is 0.362 e.